The van der Waals surface area contributed by atoms with Crippen molar-refractivity contribution in [3.05, 3.63) is 29.6 Å². The van der Waals surface area contributed by atoms with E-state index in [9.17, 15) is 12.8 Å². The topological polar surface area (TPSA) is 72.2 Å². The molecule has 0 saturated heterocycles. The highest BCUT2D eigenvalue weighted by atomic mass is 32.2. The van der Waals surface area contributed by atoms with Crippen molar-refractivity contribution in [2.45, 2.75) is 37.5 Å². The Hall–Kier alpha value is -1.05. The lowest BCUT2D eigenvalue weighted by Gasteiger charge is -2.23. The second kappa shape index (κ2) is 5.98. The molecule has 0 amide bonds. The summed E-state index contributed by atoms with van der Waals surface area (Å²) in [6, 6.07) is 3.47. The first-order valence-electron chi connectivity index (χ1n) is 6.83. The minimum absolute atomic E-state index is 0.000894. The molecule has 0 spiro atoms. The van der Waals surface area contributed by atoms with Gasteiger partial charge in [-0.2, -0.15) is 0 Å². The number of benzene rings is 1. The van der Waals surface area contributed by atoms with Crippen LogP contribution in [0.15, 0.2) is 23.1 Å². The van der Waals surface area contributed by atoms with E-state index in [-0.39, 0.29) is 20.9 Å². The fourth-order valence-electron chi connectivity index (χ4n) is 2.62. The largest absolute Gasteiger partial charge is 0.389 e. The monoisotopic (exact) mass is 330 g/mol. The summed E-state index contributed by atoms with van der Waals surface area (Å²) in [5.74, 6) is -0.621. The van der Waals surface area contributed by atoms with Gasteiger partial charge in [-0.15, -0.1) is 0 Å². The van der Waals surface area contributed by atoms with Crippen LogP contribution in [-0.4, -0.2) is 20.0 Å². The first-order valence-corrected chi connectivity index (χ1v) is 8.72. The molecule has 1 aromatic carbocycles. The van der Waals surface area contributed by atoms with Gasteiger partial charge in [0.2, 0.25) is 10.0 Å². The lowest BCUT2D eigenvalue weighted by Crippen LogP contribution is -2.34. The number of hydrogen-bond acceptors (Lipinski definition) is 3. The van der Waals surface area contributed by atoms with E-state index in [1.807, 2.05) is 0 Å². The Kier molecular flexibility index (Phi) is 4.65. The average Bonchev–Trinajstić information content (AvgIpc) is 2.84. The zero-order valence-electron chi connectivity index (χ0n) is 11.9. The highest BCUT2D eigenvalue weighted by Crippen LogP contribution is 2.37. The fourth-order valence-corrected chi connectivity index (χ4v) is 4.00. The molecule has 0 radical (unpaired) electrons. The van der Waals surface area contributed by atoms with E-state index < -0.39 is 15.8 Å². The molecule has 0 unspecified atom stereocenters. The van der Waals surface area contributed by atoms with Gasteiger partial charge in [-0.3, -0.25) is 0 Å². The molecule has 7 heteroatoms. The van der Waals surface area contributed by atoms with E-state index in [1.165, 1.54) is 12.1 Å². The summed E-state index contributed by atoms with van der Waals surface area (Å²) in [6.07, 6.45) is 4.27. The third-order valence-corrected chi connectivity index (χ3v) is 5.63. The number of thiocarbonyl (C=S) groups is 1. The van der Waals surface area contributed by atoms with E-state index >= 15 is 0 Å². The number of rotatable bonds is 5. The molecule has 3 N–H and O–H groups in total. The van der Waals surface area contributed by atoms with Gasteiger partial charge in [-0.05, 0) is 36.5 Å². The van der Waals surface area contributed by atoms with Crippen molar-refractivity contribution in [2.75, 3.05) is 6.54 Å². The van der Waals surface area contributed by atoms with E-state index in [2.05, 4.69) is 11.6 Å². The quantitative estimate of drug-likeness (QED) is 0.813. The van der Waals surface area contributed by atoms with Crippen molar-refractivity contribution < 1.29 is 12.8 Å². The molecule has 1 aliphatic carbocycles. The van der Waals surface area contributed by atoms with Crippen LogP contribution in [0.1, 0.15) is 38.2 Å². The fraction of sp³-hybridized carbons (Fsp3) is 0.500. The predicted octanol–water partition coefficient (Wildman–Crippen LogP) is 2.32. The van der Waals surface area contributed by atoms with Gasteiger partial charge in [-0.1, -0.05) is 32.0 Å². The van der Waals surface area contributed by atoms with Gasteiger partial charge >= 0.3 is 0 Å². The van der Waals surface area contributed by atoms with Crippen molar-refractivity contribution in [1.82, 2.24) is 4.72 Å². The molecule has 116 valence electrons. The van der Waals surface area contributed by atoms with Gasteiger partial charge in [-0.25, -0.2) is 17.5 Å². The summed E-state index contributed by atoms with van der Waals surface area (Å²) >= 11 is 4.72. The van der Waals surface area contributed by atoms with E-state index in [0.29, 0.717) is 6.54 Å². The SMILES string of the molecule is CC1(CNS(=O)(=O)c2ccc(F)c(C(N)=S)c2)CCCC1. The molecule has 21 heavy (non-hydrogen) atoms. The molecule has 0 heterocycles. The van der Waals surface area contributed by atoms with Crippen LogP contribution < -0.4 is 10.5 Å². The molecular weight excluding hydrogens is 311 g/mol. The summed E-state index contributed by atoms with van der Waals surface area (Å²) in [4.78, 5) is -0.180. The first-order chi connectivity index (χ1) is 9.73. The summed E-state index contributed by atoms with van der Waals surface area (Å²) in [7, 11) is -3.69. The maximum absolute atomic E-state index is 13.5. The highest BCUT2D eigenvalue weighted by Gasteiger charge is 2.30. The second-order valence-electron chi connectivity index (χ2n) is 5.85. The minimum Gasteiger partial charge on any atom is -0.389 e. The normalized spacial score (nSPS) is 17.8. The Morgan fingerprint density at radius 1 is 1.43 bits per heavy atom. The van der Waals surface area contributed by atoms with Crippen molar-refractivity contribution >= 4 is 27.2 Å². The van der Waals surface area contributed by atoms with E-state index in [1.54, 1.807) is 0 Å². The van der Waals surface area contributed by atoms with Crippen molar-refractivity contribution in [3.8, 4) is 0 Å². The van der Waals surface area contributed by atoms with Crippen LogP contribution in [0.5, 0.6) is 0 Å². The maximum atomic E-state index is 13.5. The first kappa shape index (κ1) is 16.3. The third kappa shape index (κ3) is 3.78. The van der Waals surface area contributed by atoms with Crippen LogP contribution in [0, 0.1) is 11.2 Å². The van der Waals surface area contributed by atoms with Crippen LogP contribution in [0.25, 0.3) is 0 Å². The maximum Gasteiger partial charge on any atom is 0.240 e. The Labute approximate surface area is 130 Å². The molecule has 1 fully saturated rings. The second-order valence-corrected chi connectivity index (χ2v) is 8.06. The summed E-state index contributed by atoms with van der Waals surface area (Å²) < 4.78 is 40.7. The molecule has 0 bridgehead atoms. The number of halogens is 1. The minimum atomic E-state index is -3.69. The van der Waals surface area contributed by atoms with Crippen molar-refractivity contribution in [1.29, 1.82) is 0 Å². The van der Waals surface area contributed by atoms with Gasteiger partial charge in [0.15, 0.2) is 0 Å². The average molecular weight is 330 g/mol. The van der Waals surface area contributed by atoms with Gasteiger partial charge in [0.25, 0.3) is 0 Å². The number of nitrogens with two attached hydrogens (primary N) is 1. The molecule has 0 aliphatic heterocycles. The molecule has 4 nitrogen and oxygen atoms in total. The summed E-state index contributed by atoms with van der Waals surface area (Å²) in [5.41, 5.74) is 5.34. The molecule has 2 rings (SSSR count). The van der Waals surface area contributed by atoms with Crippen LogP contribution in [0.2, 0.25) is 0 Å². The highest BCUT2D eigenvalue weighted by molar-refractivity contribution is 7.89. The number of sulfonamides is 1. The van der Waals surface area contributed by atoms with Gasteiger partial charge in [0, 0.05) is 12.1 Å². The van der Waals surface area contributed by atoms with Crippen LogP contribution in [0.4, 0.5) is 4.39 Å². The number of hydrogen-bond donors (Lipinski definition) is 2. The summed E-state index contributed by atoms with van der Waals surface area (Å²) in [5, 5.41) is 0. The molecule has 1 aliphatic rings. The smallest absolute Gasteiger partial charge is 0.240 e. The van der Waals surface area contributed by atoms with Crippen molar-refractivity contribution in [3.63, 3.8) is 0 Å². The Bertz CT molecular complexity index is 653. The van der Waals surface area contributed by atoms with E-state index in [4.69, 9.17) is 18.0 Å². The summed E-state index contributed by atoms with van der Waals surface area (Å²) in [6.45, 7) is 2.46. The zero-order valence-corrected chi connectivity index (χ0v) is 13.5. The van der Waals surface area contributed by atoms with Gasteiger partial charge in [0.05, 0.1) is 4.90 Å². The number of nitrogens with one attached hydrogen (secondary N) is 1. The van der Waals surface area contributed by atoms with Crippen LogP contribution in [0.3, 0.4) is 0 Å². The van der Waals surface area contributed by atoms with Crippen LogP contribution in [-0.2, 0) is 10.0 Å². The molecule has 0 aromatic heterocycles. The van der Waals surface area contributed by atoms with Gasteiger partial charge in [0.1, 0.15) is 10.8 Å². The Balaban J connectivity index is 2.19. The molecule has 1 saturated carbocycles. The molecule has 1 aromatic rings. The Morgan fingerprint density at radius 2 is 2.05 bits per heavy atom. The van der Waals surface area contributed by atoms with Crippen molar-refractivity contribution in [2.24, 2.45) is 11.1 Å². The predicted molar refractivity (Wildman–Crippen MR) is 84.1 cm³/mol. The lowest BCUT2D eigenvalue weighted by atomic mass is 9.89. The molecular formula is C14H19FN2O2S2. The molecule has 0 atom stereocenters. The zero-order chi connectivity index (χ0) is 15.7. The van der Waals surface area contributed by atoms with Gasteiger partial charge < -0.3 is 5.73 Å². The lowest BCUT2D eigenvalue weighted by molar-refractivity contribution is 0.336. The van der Waals surface area contributed by atoms with E-state index in [0.717, 1.165) is 31.7 Å². The van der Waals surface area contributed by atoms with Crippen LogP contribution >= 0.6 is 12.2 Å². The standard InChI is InChI=1S/C14H19FN2O2S2/c1-14(6-2-3-7-14)9-17-21(18,19)10-4-5-12(15)11(8-10)13(16)20/h4-5,8,17H,2-3,6-7,9H2,1H3,(H2,16,20). The third-order valence-electron chi connectivity index (χ3n) is 4.01. The Morgan fingerprint density at radius 3 is 2.62 bits per heavy atom.